The molecule has 0 aliphatic heterocycles. The number of amides is 1. The van der Waals surface area contributed by atoms with Crippen molar-refractivity contribution >= 4 is 11.9 Å². The van der Waals surface area contributed by atoms with Gasteiger partial charge in [0.25, 0.3) is 0 Å². The summed E-state index contributed by atoms with van der Waals surface area (Å²) in [5.41, 5.74) is -0.103. The minimum atomic E-state index is -1.02. The van der Waals surface area contributed by atoms with Crippen molar-refractivity contribution in [3.63, 3.8) is 0 Å². The Labute approximate surface area is 119 Å². The monoisotopic (exact) mass is 279 g/mol. The minimum absolute atomic E-state index is 0.230. The topological polar surface area (TPSA) is 66.8 Å². The molecule has 0 saturated carbocycles. The van der Waals surface area contributed by atoms with Crippen LogP contribution in [0.25, 0.3) is 0 Å². The lowest BCUT2D eigenvalue weighted by molar-refractivity contribution is -0.146. The number of carbonyl (C=O) groups excluding carboxylic acids is 1. The van der Waals surface area contributed by atoms with E-state index in [1.54, 1.807) is 33.9 Å². The number of benzene rings is 1. The molecule has 0 unspecified atom stereocenters. The molecule has 0 radical (unpaired) electrons. The molecule has 0 bridgehead atoms. The Kier molecular flexibility index (Phi) is 5.13. The Bertz CT molecular complexity index is 496. The molecule has 1 aromatic carbocycles. The summed E-state index contributed by atoms with van der Waals surface area (Å²) in [4.78, 5) is 24.8. The molecule has 1 amide bonds. The number of carboxylic acids is 1. The summed E-state index contributed by atoms with van der Waals surface area (Å²) in [6.07, 6.45) is 0. The van der Waals surface area contributed by atoms with Crippen molar-refractivity contribution in [1.82, 2.24) is 4.90 Å². The molecule has 0 heterocycles. The first kappa shape index (κ1) is 16.0. The molecule has 0 aliphatic rings. The zero-order valence-electron chi connectivity index (χ0n) is 12.3. The second kappa shape index (κ2) is 6.41. The van der Waals surface area contributed by atoms with E-state index in [1.807, 2.05) is 18.2 Å². The summed E-state index contributed by atoms with van der Waals surface area (Å²) in [6.45, 7) is 5.37. The highest BCUT2D eigenvalue weighted by Crippen LogP contribution is 2.33. The van der Waals surface area contributed by atoms with Crippen LogP contribution in [0.15, 0.2) is 24.3 Å². The SMILES string of the molecule is CCN(CC(=O)O)C(=O)C(C)(C)c1ccccc1OC. The molecular formula is C15H21NO4. The maximum atomic E-state index is 12.6. The number of aliphatic carboxylic acids is 1. The molecule has 1 N–H and O–H groups in total. The maximum Gasteiger partial charge on any atom is 0.323 e. The zero-order chi connectivity index (χ0) is 15.3. The molecule has 0 aromatic heterocycles. The fourth-order valence-electron chi connectivity index (χ4n) is 2.16. The van der Waals surface area contributed by atoms with Crippen LogP contribution in [0.4, 0.5) is 0 Å². The first-order chi connectivity index (χ1) is 9.34. The Morgan fingerprint density at radius 3 is 2.40 bits per heavy atom. The number of ether oxygens (including phenoxy) is 1. The number of nitrogens with zero attached hydrogens (tertiary/aromatic N) is 1. The van der Waals surface area contributed by atoms with E-state index >= 15 is 0 Å². The van der Waals surface area contributed by atoms with Gasteiger partial charge in [-0.1, -0.05) is 18.2 Å². The first-order valence-electron chi connectivity index (χ1n) is 6.49. The van der Waals surface area contributed by atoms with Crippen molar-refractivity contribution in [3.8, 4) is 5.75 Å². The fourth-order valence-corrected chi connectivity index (χ4v) is 2.16. The van der Waals surface area contributed by atoms with Crippen molar-refractivity contribution in [1.29, 1.82) is 0 Å². The largest absolute Gasteiger partial charge is 0.496 e. The summed E-state index contributed by atoms with van der Waals surface area (Å²) in [7, 11) is 1.55. The normalized spacial score (nSPS) is 11.0. The third kappa shape index (κ3) is 3.29. The molecule has 5 nitrogen and oxygen atoms in total. The molecule has 0 saturated heterocycles. The zero-order valence-corrected chi connectivity index (χ0v) is 12.3. The molecule has 5 heteroatoms. The van der Waals surface area contributed by atoms with Crippen LogP contribution in [0.3, 0.4) is 0 Å². The van der Waals surface area contributed by atoms with Crippen LogP contribution < -0.4 is 4.74 Å². The lowest BCUT2D eigenvalue weighted by Gasteiger charge is -2.31. The molecule has 110 valence electrons. The standard InChI is InChI=1S/C15H21NO4/c1-5-16(10-13(17)18)14(19)15(2,3)11-8-6-7-9-12(11)20-4/h6-9H,5,10H2,1-4H3,(H,17,18). The van der Waals surface area contributed by atoms with Gasteiger partial charge < -0.3 is 14.7 Å². The van der Waals surface area contributed by atoms with Crippen LogP contribution in [0.2, 0.25) is 0 Å². The maximum absolute atomic E-state index is 12.6. The number of hydrogen-bond acceptors (Lipinski definition) is 3. The van der Waals surface area contributed by atoms with E-state index in [2.05, 4.69) is 0 Å². The second-order valence-corrected chi connectivity index (χ2v) is 5.04. The Morgan fingerprint density at radius 1 is 1.30 bits per heavy atom. The number of para-hydroxylation sites is 1. The molecule has 0 aliphatic carbocycles. The van der Waals surface area contributed by atoms with Gasteiger partial charge in [-0.05, 0) is 26.8 Å². The summed E-state index contributed by atoms with van der Waals surface area (Å²) in [5, 5.41) is 8.88. The van der Waals surface area contributed by atoms with Crippen LogP contribution in [0, 0.1) is 0 Å². The Balaban J connectivity index is 3.13. The summed E-state index contributed by atoms with van der Waals surface area (Å²) >= 11 is 0. The third-order valence-corrected chi connectivity index (χ3v) is 3.31. The average Bonchev–Trinajstić information content (AvgIpc) is 2.43. The predicted octanol–water partition coefficient (Wildman–Crippen LogP) is 1.91. The first-order valence-corrected chi connectivity index (χ1v) is 6.49. The van der Waals surface area contributed by atoms with Crippen LogP contribution in [0.5, 0.6) is 5.75 Å². The molecule has 0 spiro atoms. The van der Waals surface area contributed by atoms with E-state index in [1.165, 1.54) is 4.90 Å². The van der Waals surface area contributed by atoms with Gasteiger partial charge in [0.1, 0.15) is 12.3 Å². The molecular weight excluding hydrogens is 258 g/mol. The second-order valence-electron chi connectivity index (χ2n) is 5.04. The van der Waals surface area contributed by atoms with Gasteiger partial charge in [0.15, 0.2) is 0 Å². The smallest absolute Gasteiger partial charge is 0.323 e. The number of likely N-dealkylation sites (N-methyl/N-ethyl adjacent to an activating group) is 1. The molecule has 0 atom stereocenters. The molecule has 1 rings (SSSR count). The van der Waals surface area contributed by atoms with E-state index in [0.717, 1.165) is 5.56 Å². The van der Waals surface area contributed by atoms with Gasteiger partial charge in [0.2, 0.25) is 5.91 Å². The minimum Gasteiger partial charge on any atom is -0.496 e. The lowest BCUT2D eigenvalue weighted by atomic mass is 9.82. The van der Waals surface area contributed by atoms with Gasteiger partial charge in [-0.3, -0.25) is 9.59 Å². The van der Waals surface area contributed by atoms with E-state index in [0.29, 0.717) is 12.3 Å². The van der Waals surface area contributed by atoms with Crippen LogP contribution in [-0.2, 0) is 15.0 Å². The van der Waals surface area contributed by atoms with Crippen LogP contribution in [-0.4, -0.2) is 42.1 Å². The van der Waals surface area contributed by atoms with Gasteiger partial charge in [-0.25, -0.2) is 0 Å². The van der Waals surface area contributed by atoms with E-state index in [4.69, 9.17) is 9.84 Å². The van der Waals surface area contributed by atoms with Gasteiger partial charge in [0.05, 0.1) is 12.5 Å². The number of rotatable bonds is 6. The fraction of sp³-hybridized carbons (Fsp3) is 0.467. The summed E-state index contributed by atoms with van der Waals surface area (Å²) in [6, 6.07) is 7.28. The number of hydrogen-bond donors (Lipinski definition) is 1. The van der Waals surface area contributed by atoms with Crippen molar-refractivity contribution in [2.75, 3.05) is 20.2 Å². The van der Waals surface area contributed by atoms with Gasteiger partial charge in [-0.15, -0.1) is 0 Å². The third-order valence-electron chi connectivity index (χ3n) is 3.31. The number of carbonyl (C=O) groups is 2. The summed E-state index contributed by atoms with van der Waals surface area (Å²) in [5.74, 6) is -0.625. The summed E-state index contributed by atoms with van der Waals surface area (Å²) < 4.78 is 5.29. The lowest BCUT2D eigenvalue weighted by Crippen LogP contribution is -2.45. The van der Waals surface area contributed by atoms with Gasteiger partial charge in [0, 0.05) is 12.1 Å². The highest BCUT2D eigenvalue weighted by atomic mass is 16.5. The van der Waals surface area contributed by atoms with Crippen LogP contribution >= 0.6 is 0 Å². The van der Waals surface area contributed by atoms with Crippen molar-refractivity contribution in [2.45, 2.75) is 26.2 Å². The Morgan fingerprint density at radius 2 is 1.90 bits per heavy atom. The van der Waals surface area contributed by atoms with Gasteiger partial charge in [-0.2, -0.15) is 0 Å². The predicted molar refractivity (Wildman–Crippen MR) is 75.9 cm³/mol. The average molecular weight is 279 g/mol. The molecule has 20 heavy (non-hydrogen) atoms. The van der Waals surface area contributed by atoms with Crippen molar-refractivity contribution in [2.24, 2.45) is 0 Å². The highest BCUT2D eigenvalue weighted by Gasteiger charge is 2.36. The van der Waals surface area contributed by atoms with E-state index in [9.17, 15) is 9.59 Å². The number of carboxylic acid groups (broad SMARTS) is 1. The van der Waals surface area contributed by atoms with Crippen LogP contribution in [0.1, 0.15) is 26.3 Å². The molecule has 1 aromatic rings. The Hall–Kier alpha value is -2.04. The number of methoxy groups -OCH3 is 1. The van der Waals surface area contributed by atoms with Crippen molar-refractivity contribution < 1.29 is 19.4 Å². The van der Waals surface area contributed by atoms with E-state index < -0.39 is 11.4 Å². The van der Waals surface area contributed by atoms with Gasteiger partial charge >= 0.3 is 5.97 Å². The highest BCUT2D eigenvalue weighted by molar-refractivity contribution is 5.90. The van der Waals surface area contributed by atoms with Crippen molar-refractivity contribution in [3.05, 3.63) is 29.8 Å². The van der Waals surface area contributed by atoms with E-state index in [-0.39, 0.29) is 12.5 Å². The molecule has 0 fully saturated rings. The quantitative estimate of drug-likeness (QED) is 0.863.